The summed E-state index contributed by atoms with van der Waals surface area (Å²) in [6.45, 7) is 2.48. The largest absolute Gasteiger partial charge is 0.472 e. The Kier molecular flexibility index (Phi) is 55.3. The minimum absolute atomic E-state index is 0.107. The van der Waals surface area contributed by atoms with Crippen molar-refractivity contribution in [3.05, 3.63) is 72.9 Å². The van der Waals surface area contributed by atoms with E-state index in [2.05, 4.69) is 93.7 Å². The Hall–Kier alpha value is -3.01. The molecular formula is C63H112O16P2. The molecule has 81 heavy (non-hydrogen) atoms. The highest BCUT2D eigenvalue weighted by atomic mass is 31.2. The fourth-order valence-corrected chi connectivity index (χ4v) is 9.70. The van der Waals surface area contributed by atoms with Crippen molar-refractivity contribution in [1.29, 1.82) is 0 Å². The normalized spacial score (nSPS) is 14.9. The number of aliphatic hydroxyl groups is 2. The molecule has 0 aliphatic heterocycles. The standard InChI is InChI=1S/C63H112O16P2/c1-4-7-10-13-16-19-22-25-26-27-28-29-30-33-35-37-40-43-46-49-61(66)73-52-58(64)53-75-80(69,70)76-54-59(65)55-77-81(71,72)78-57-60(79-63(68)51-48-45-42-39-36-32-24-21-18-15-12-9-6-3)56-74-62(67)50-47-44-41-38-34-31-23-20-17-14-11-8-5-2/h7,10,16,19-20,23,25-26,28-29,33,35,58-60,64-65H,4-6,8-9,11-15,17-18,21-22,24,27,30-32,34,36-57H2,1-3H3,(H,69,70)(H,71,72)/b10-7-,19-16-,23-20-,26-25-,29-28-,35-33-. The van der Waals surface area contributed by atoms with Gasteiger partial charge in [0.15, 0.2) is 6.10 Å². The summed E-state index contributed by atoms with van der Waals surface area (Å²) in [5.41, 5.74) is 0. The van der Waals surface area contributed by atoms with E-state index < -0.39 is 91.5 Å². The van der Waals surface area contributed by atoms with E-state index in [1.807, 2.05) is 0 Å². The zero-order valence-electron chi connectivity index (χ0n) is 50.4. The topological polar surface area (TPSA) is 231 Å². The molecule has 16 nitrogen and oxygen atoms in total. The lowest BCUT2D eigenvalue weighted by atomic mass is 10.0. The first-order valence-corrected chi connectivity index (χ1v) is 34.2. The zero-order chi connectivity index (χ0) is 59.6. The first kappa shape index (κ1) is 78.0. The van der Waals surface area contributed by atoms with Crippen molar-refractivity contribution < 1.29 is 75.8 Å². The molecule has 0 aromatic rings. The van der Waals surface area contributed by atoms with Gasteiger partial charge in [-0.1, -0.05) is 216 Å². The number of ether oxygens (including phenoxy) is 3. The van der Waals surface area contributed by atoms with Crippen molar-refractivity contribution >= 4 is 33.6 Å². The van der Waals surface area contributed by atoms with Crippen LogP contribution in [0.5, 0.6) is 0 Å². The van der Waals surface area contributed by atoms with Gasteiger partial charge in [-0.2, -0.15) is 0 Å². The highest BCUT2D eigenvalue weighted by Crippen LogP contribution is 2.45. The van der Waals surface area contributed by atoms with Gasteiger partial charge in [-0.3, -0.25) is 32.5 Å². The maximum Gasteiger partial charge on any atom is 0.472 e. The van der Waals surface area contributed by atoms with Crippen molar-refractivity contribution in [2.75, 3.05) is 39.6 Å². The highest BCUT2D eigenvalue weighted by Gasteiger charge is 2.29. The molecule has 18 heteroatoms. The molecule has 0 aromatic heterocycles. The molecule has 0 aliphatic rings. The van der Waals surface area contributed by atoms with Crippen LogP contribution in [0.2, 0.25) is 0 Å². The molecule has 0 fully saturated rings. The second kappa shape index (κ2) is 57.4. The van der Waals surface area contributed by atoms with Crippen LogP contribution in [0, 0.1) is 0 Å². The number of rotatable bonds is 59. The second-order valence-electron chi connectivity index (χ2n) is 20.8. The molecule has 0 aromatic carbocycles. The van der Waals surface area contributed by atoms with Crippen LogP contribution in [0.25, 0.3) is 0 Å². The van der Waals surface area contributed by atoms with Gasteiger partial charge in [0.25, 0.3) is 0 Å². The average molecular weight is 1190 g/mol. The molecule has 4 N–H and O–H groups in total. The van der Waals surface area contributed by atoms with E-state index >= 15 is 0 Å². The van der Waals surface area contributed by atoms with E-state index in [1.165, 1.54) is 77.0 Å². The fourth-order valence-electron chi connectivity index (χ4n) is 8.12. The van der Waals surface area contributed by atoms with Crippen LogP contribution in [0.4, 0.5) is 0 Å². The van der Waals surface area contributed by atoms with Crippen molar-refractivity contribution in [3.63, 3.8) is 0 Å². The van der Waals surface area contributed by atoms with Crippen molar-refractivity contribution in [2.24, 2.45) is 0 Å². The van der Waals surface area contributed by atoms with Crippen LogP contribution in [0.15, 0.2) is 72.9 Å². The van der Waals surface area contributed by atoms with Crippen LogP contribution < -0.4 is 0 Å². The number of carbonyl (C=O) groups excluding carboxylic acids is 3. The van der Waals surface area contributed by atoms with E-state index in [-0.39, 0.29) is 19.3 Å². The Balaban J connectivity index is 4.65. The Bertz CT molecular complexity index is 1780. The Labute approximate surface area is 490 Å². The van der Waals surface area contributed by atoms with Crippen LogP contribution in [0.1, 0.15) is 252 Å². The van der Waals surface area contributed by atoms with Crippen LogP contribution >= 0.6 is 15.6 Å². The number of esters is 3. The number of aliphatic hydroxyl groups excluding tert-OH is 2. The minimum Gasteiger partial charge on any atom is -0.463 e. The first-order chi connectivity index (χ1) is 39.2. The molecule has 470 valence electrons. The summed E-state index contributed by atoms with van der Waals surface area (Å²) in [5, 5.41) is 20.5. The van der Waals surface area contributed by atoms with E-state index in [9.17, 15) is 43.5 Å². The molecule has 5 unspecified atom stereocenters. The Morgan fingerprint density at radius 2 is 0.654 bits per heavy atom. The van der Waals surface area contributed by atoms with Gasteiger partial charge in [0.05, 0.1) is 26.4 Å². The molecule has 0 spiro atoms. The van der Waals surface area contributed by atoms with Crippen molar-refractivity contribution in [3.8, 4) is 0 Å². The summed E-state index contributed by atoms with van der Waals surface area (Å²) in [4.78, 5) is 58.1. The summed E-state index contributed by atoms with van der Waals surface area (Å²) in [6.07, 6.45) is 56.8. The van der Waals surface area contributed by atoms with Gasteiger partial charge in [0.2, 0.25) is 0 Å². The molecule has 0 saturated carbocycles. The van der Waals surface area contributed by atoms with E-state index in [0.29, 0.717) is 19.3 Å². The average Bonchev–Trinajstić information content (AvgIpc) is 3.45. The minimum atomic E-state index is -4.92. The Morgan fingerprint density at radius 1 is 0.358 bits per heavy atom. The predicted molar refractivity (Wildman–Crippen MR) is 325 cm³/mol. The molecular weight excluding hydrogens is 1070 g/mol. The molecule has 0 radical (unpaired) electrons. The van der Waals surface area contributed by atoms with Gasteiger partial charge in [-0.25, -0.2) is 9.13 Å². The summed E-state index contributed by atoms with van der Waals surface area (Å²) >= 11 is 0. The molecule has 0 aliphatic carbocycles. The van der Waals surface area contributed by atoms with Gasteiger partial charge in [-0.05, 0) is 89.9 Å². The first-order valence-electron chi connectivity index (χ1n) is 31.2. The smallest absolute Gasteiger partial charge is 0.463 e. The third-order valence-corrected chi connectivity index (χ3v) is 14.8. The highest BCUT2D eigenvalue weighted by molar-refractivity contribution is 7.47. The molecule has 0 heterocycles. The maximum atomic E-state index is 12.9. The van der Waals surface area contributed by atoms with Crippen molar-refractivity contribution in [2.45, 2.75) is 270 Å². The predicted octanol–water partition coefficient (Wildman–Crippen LogP) is 16.4. The number of allylic oxidation sites excluding steroid dienone is 12. The fraction of sp³-hybridized carbons (Fsp3) is 0.762. The molecule has 0 amide bonds. The molecule has 0 bridgehead atoms. The van der Waals surface area contributed by atoms with Crippen LogP contribution in [-0.4, -0.2) is 95.9 Å². The Morgan fingerprint density at radius 3 is 1.07 bits per heavy atom. The summed E-state index contributed by atoms with van der Waals surface area (Å²) < 4.78 is 60.6. The van der Waals surface area contributed by atoms with Gasteiger partial charge in [0, 0.05) is 19.3 Å². The van der Waals surface area contributed by atoms with E-state index in [0.717, 1.165) is 116 Å². The van der Waals surface area contributed by atoms with Gasteiger partial charge >= 0.3 is 33.6 Å². The van der Waals surface area contributed by atoms with E-state index in [4.69, 9.17) is 32.3 Å². The monoisotopic (exact) mass is 1190 g/mol. The number of unbranched alkanes of at least 4 members (excludes halogenated alkanes) is 24. The maximum absolute atomic E-state index is 12.9. The lowest BCUT2D eigenvalue weighted by Crippen LogP contribution is -2.30. The summed E-state index contributed by atoms with van der Waals surface area (Å²) in [7, 11) is -9.76. The number of hydrogen-bond acceptors (Lipinski definition) is 14. The quantitative estimate of drug-likeness (QED) is 0.0146. The third-order valence-electron chi connectivity index (χ3n) is 12.9. The molecule has 0 saturated heterocycles. The second-order valence-corrected chi connectivity index (χ2v) is 23.7. The molecule has 0 rings (SSSR count). The zero-order valence-corrected chi connectivity index (χ0v) is 52.2. The van der Waals surface area contributed by atoms with E-state index in [1.54, 1.807) is 0 Å². The van der Waals surface area contributed by atoms with Crippen LogP contribution in [0.3, 0.4) is 0 Å². The lowest BCUT2D eigenvalue weighted by molar-refractivity contribution is -0.161. The van der Waals surface area contributed by atoms with Gasteiger partial charge in [-0.15, -0.1) is 0 Å². The number of carbonyl (C=O) groups is 3. The van der Waals surface area contributed by atoms with Crippen molar-refractivity contribution in [1.82, 2.24) is 0 Å². The summed E-state index contributed by atoms with van der Waals surface area (Å²) in [6, 6.07) is 0. The molecule has 5 atom stereocenters. The summed E-state index contributed by atoms with van der Waals surface area (Å²) in [5.74, 6) is -1.61. The number of phosphoric acid groups is 2. The number of hydrogen-bond donors (Lipinski definition) is 4. The van der Waals surface area contributed by atoms with Crippen LogP contribution in [-0.2, 0) is 55.8 Å². The van der Waals surface area contributed by atoms with Gasteiger partial charge < -0.3 is 34.2 Å². The SMILES string of the molecule is CC/C=C\C/C=C\C/C=C\C/C=C\C/C=C\CCCCCC(=O)OCC(O)COP(=O)(O)OCC(O)COP(=O)(O)OCC(COC(=O)CCCCCCC/C=C\CCCCCC)OC(=O)CCCCCCCCCCCCCCC. The number of phosphoric ester groups is 2. The third kappa shape index (κ3) is 58.6. The van der Waals surface area contributed by atoms with Gasteiger partial charge in [0.1, 0.15) is 25.4 Å². The lowest BCUT2D eigenvalue weighted by Gasteiger charge is -2.21.